The molecule has 1 aromatic carbocycles. The maximum Gasteiger partial charge on any atom is 0.244 e. The van der Waals surface area contributed by atoms with Gasteiger partial charge in [0.1, 0.15) is 16.4 Å². The lowest BCUT2D eigenvalue weighted by Gasteiger charge is -2.36. The number of rotatable bonds is 7. The average molecular weight is 398 g/mol. The fraction of sp³-hybridized carbons (Fsp3) is 0.444. The Kier molecular flexibility index (Phi) is 5.86. The molecular weight excluding hydrogens is 374 g/mol. The molecule has 142 valence electrons. The maximum atomic E-state index is 12.9. The zero-order valence-corrected chi connectivity index (χ0v) is 16.5. The molecule has 0 saturated carbocycles. The van der Waals surface area contributed by atoms with Crippen LogP contribution in [-0.2, 0) is 20.2 Å². The van der Waals surface area contributed by atoms with E-state index < -0.39 is 10.0 Å². The number of methoxy groups -OCH3 is 2. The SMILES string of the molecule is COc1ccc(S(=O)(=O)NCC2(c3cccs3)CCOCC2)c(OC)c1. The van der Waals surface area contributed by atoms with Crippen molar-refractivity contribution >= 4 is 21.4 Å². The molecule has 8 heteroatoms. The van der Waals surface area contributed by atoms with Gasteiger partial charge in [-0.3, -0.25) is 0 Å². The van der Waals surface area contributed by atoms with Crippen molar-refractivity contribution in [3.8, 4) is 11.5 Å². The van der Waals surface area contributed by atoms with Gasteiger partial charge in [0.05, 0.1) is 14.2 Å². The number of ether oxygens (including phenoxy) is 3. The lowest BCUT2D eigenvalue weighted by Crippen LogP contribution is -2.44. The fourth-order valence-electron chi connectivity index (χ4n) is 3.16. The van der Waals surface area contributed by atoms with Gasteiger partial charge in [-0.1, -0.05) is 6.07 Å². The first-order valence-corrected chi connectivity index (χ1v) is 10.7. The van der Waals surface area contributed by atoms with Crippen LogP contribution in [-0.4, -0.2) is 42.4 Å². The van der Waals surface area contributed by atoms with Crippen LogP contribution in [0.4, 0.5) is 0 Å². The molecule has 0 amide bonds. The van der Waals surface area contributed by atoms with Gasteiger partial charge in [-0.2, -0.15) is 0 Å². The molecule has 2 aromatic rings. The summed E-state index contributed by atoms with van der Waals surface area (Å²) in [7, 11) is -0.755. The maximum absolute atomic E-state index is 12.9. The minimum Gasteiger partial charge on any atom is -0.497 e. The zero-order valence-electron chi connectivity index (χ0n) is 14.9. The molecule has 1 aliphatic rings. The van der Waals surface area contributed by atoms with Gasteiger partial charge in [0, 0.05) is 36.1 Å². The quantitative estimate of drug-likeness (QED) is 0.778. The summed E-state index contributed by atoms with van der Waals surface area (Å²) < 4.78 is 44.5. The summed E-state index contributed by atoms with van der Waals surface area (Å²) >= 11 is 1.66. The van der Waals surface area contributed by atoms with E-state index in [1.807, 2.05) is 11.4 Å². The number of sulfonamides is 1. The Hall–Kier alpha value is -1.61. The highest BCUT2D eigenvalue weighted by Crippen LogP contribution is 2.37. The minimum atomic E-state index is -3.72. The van der Waals surface area contributed by atoms with Gasteiger partial charge in [-0.15, -0.1) is 11.3 Å². The van der Waals surface area contributed by atoms with E-state index in [-0.39, 0.29) is 16.1 Å². The number of nitrogens with one attached hydrogen (secondary N) is 1. The third kappa shape index (κ3) is 3.88. The molecule has 0 aliphatic carbocycles. The van der Waals surface area contributed by atoms with Gasteiger partial charge in [0.25, 0.3) is 0 Å². The second kappa shape index (κ2) is 7.96. The van der Waals surface area contributed by atoms with E-state index in [4.69, 9.17) is 14.2 Å². The van der Waals surface area contributed by atoms with Crippen LogP contribution in [0.15, 0.2) is 40.6 Å². The van der Waals surface area contributed by atoms with Crippen molar-refractivity contribution in [1.29, 1.82) is 0 Å². The highest BCUT2D eigenvalue weighted by Gasteiger charge is 2.37. The highest BCUT2D eigenvalue weighted by molar-refractivity contribution is 7.89. The minimum absolute atomic E-state index is 0.106. The summed E-state index contributed by atoms with van der Waals surface area (Å²) in [5.74, 6) is 0.800. The zero-order chi connectivity index (χ0) is 18.6. The van der Waals surface area contributed by atoms with Crippen LogP contribution in [0, 0.1) is 0 Å². The number of benzene rings is 1. The number of thiophene rings is 1. The molecule has 1 aliphatic heterocycles. The summed E-state index contributed by atoms with van der Waals surface area (Å²) in [6, 6.07) is 8.75. The lowest BCUT2D eigenvalue weighted by molar-refractivity contribution is 0.0529. The van der Waals surface area contributed by atoms with Crippen LogP contribution in [0.2, 0.25) is 0 Å². The van der Waals surface area contributed by atoms with E-state index in [0.29, 0.717) is 25.5 Å². The molecule has 3 rings (SSSR count). The second-order valence-electron chi connectivity index (χ2n) is 6.21. The van der Waals surface area contributed by atoms with Crippen LogP contribution < -0.4 is 14.2 Å². The van der Waals surface area contributed by atoms with Crippen molar-refractivity contribution in [2.75, 3.05) is 34.0 Å². The summed E-state index contributed by atoms with van der Waals surface area (Å²) in [6.45, 7) is 1.59. The molecule has 26 heavy (non-hydrogen) atoms. The molecule has 0 unspecified atom stereocenters. The van der Waals surface area contributed by atoms with Gasteiger partial charge in [0.2, 0.25) is 10.0 Å². The van der Waals surface area contributed by atoms with E-state index in [0.717, 1.165) is 12.8 Å². The molecule has 0 bridgehead atoms. The summed E-state index contributed by atoms with van der Waals surface area (Å²) in [5.41, 5.74) is -0.237. The van der Waals surface area contributed by atoms with Gasteiger partial charge < -0.3 is 14.2 Å². The van der Waals surface area contributed by atoms with Gasteiger partial charge in [0.15, 0.2) is 0 Å². The van der Waals surface area contributed by atoms with E-state index in [2.05, 4.69) is 10.8 Å². The second-order valence-corrected chi connectivity index (χ2v) is 8.89. The van der Waals surface area contributed by atoms with E-state index in [9.17, 15) is 8.42 Å². The van der Waals surface area contributed by atoms with Crippen molar-refractivity contribution in [1.82, 2.24) is 4.72 Å². The number of hydrogen-bond donors (Lipinski definition) is 1. The first-order chi connectivity index (χ1) is 12.5. The first kappa shape index (κ1) is 19.2. The molecule has 1 N–H and O–H groups in total. The largest absolute Gasteiger partial charge is 0.497 e. The van der Waals surface area contributed by atoms with Crippen LogP contribution in [0.1, 0.15) is 17.7 Å². The van der Waals surface area contributed by atoms with Crippen molar-refractivity contribution in [2.24, 2.45) is 0 Å². The van der Waals surface area contributed by atoms with Crippen LogP contribution in [0.5, 0.6) is 11.5 Å². The Bertz CT molecular complexity index is 827. The van der Waals surface area contributed by atoms with Crippen molar-refractivity contribution in [3.05, 3.63) is 40.6 Å². The van der Waals surface area contributed by atoms with E-state index >= 15 is 0 Å². The molecule has 1 saturated heterocycles. The lowest BCUT2D eigenvalue weighted by atomic mass is 9.79. The van der Waals surface area contributed by atoms with Crippen LogP contribution >= 0.6 is 11.3 Å². The normalized spacial score (nSPS) is 17.0. The molecule has 0 atom stereocenters. The van der Waals surface area contributed by atoms with Crippen molar-refractivity contribution < 1.29 is 22.6 Å². The third-order valence-electron chi connectivity index (χ3n) is 4.75. The standard InChI is InChI=1S/C18H23NO5S2/c1-22-14-5-6-16(15(12-14)23-2)26(20,21)19-13-18(7-9-24-10-8-18)17-4-3-11-25-17/h3-6,11-12,19H,7-10,13H2,1-2H3. The Balaban J connectivity index is 1.85. The predicted octanol–water partition coefficient (Wildman–Crippen LogP) is 2.79. The fourth-order valence-corrected chi connectivity index (χ4v) is 5.42. The van der Waals surface area contributed by atoms with Gasteiger partial charge in [-0.05, 0) is 36.4 Å². The molecule has 0 spiro atoms. The Morgan fingerprint density at radius 3 is 2.58 bits per heavy atom. The topological polar surface area (TPSA) is 73.9 Å². The van der Waals surface area contributed by atoms with Crippen LogP contribution in [0.3, 0.4) is 0 Å². The predicted molar refractivity (Wildman–Crippen MR) is 101 cm³/mol. The molecule has 0 radical (unpaired) electrons. The van der Waals surface area contributed by atoms with E-state index in [1.54, 1.807) is 23.5 Å². The molecule has 6 nitrogen and oxygen atoms in total. The van der Waals surface area contributed by atoms with Crippen molar-refractivity contribution in [2.45, 2.75) is 23.2 Å². The summed E-state index contributed by atoms with van der Waals surface area (Å²) in [4.78, 5) is 1.29. The molecular formula is C18H23NO5S2. The average Bonchev–Trinajstić information content (AvgIpc) is 3.22. The van der Waals surface area contributed by atoms with Crippen molar-refractivity contribution in [3.63, 3.8) is 0 Å². The molecule has 2 heterocycles. The van der Waals surface area contributed by atoms with Gasteiger partial charge >= 0.3 is 0 Å². The van der Waals surface area contributed by atoms with E-state index in [1.165, 1.54) is 25.2 Å². The Labute approximate surface area is 158 Å². The molecule has 1 fully saturated rings. The summed E-state index contributed by atoms with van der Waals surface area (Å²) in [5, 5.41) is 2.02. The summed E-state index contributed by atoms with van der Waals surface area (Å²) in [6.07, 6.45) is 1.57. The highest BCUT2D eigenvalue weighted by atomic mass is 32.2. The smallest absolute Gasteiger partial charge is 0.244 e. The number of hydrogen-bond acceptors (Lipinski definition) is 6. The third-order valence-corrected chi connectivity index (χ3v) is 7.31. The monoisotopic (exact) mass is 397 g/mol. The molecule has 1 aromatic heterocycles. The Morgan fingerprint density at radius 1 is 1.19 bits per heavy atom. The first-order valence-electron chi connectivity index (χ1n) is 8.34. The Morgan fingerprint density at radius 2 is 1.96 bits per heavy atom. The van der Waals surface area contributed by atoms with Crippen LogP contribution in [0.25, 0.3) is 0 Å². The van der Waals surface area contributed by atoms with Gasteiger partial charge in [-0.25, -0.2) is 13.1 Å².